The molecule has 1 N–H and O–H groups in total. The Balaban J connectivity index is 2.07. The number of nitrogens with one attached hydrogen (secondary N) is 1. The van der Waals surface area contributed by atoms with Crippen LogP contribution in [0.1, 0.15) is 17.6 Å². The number of hydrogen-bond acceptors (Lipinski definition) is 6. The van der Waals surface area contributed by atoms with Gasteiger partial charge in [0.15, 0.2) is 0 Å². The fourth-order valence-electron chi connectivity index (χ4n) is 2.24. The Morgan fingerprint density at radius 1 is 1.52 bits per heavy atom. The van der Waals surface area contributed by atoms with Gasteiger partial charge >= 0.3 is 0 Å². The molecule has 1 aromatic rings. The molecule has 2 rings (SSSR count). The van der Waals surface area contributed by atoms with Crippen LogP contribution in [0, 0.1) is 6.92 Å². The van der Waals surface area contributed by atoms with Gasteiger partial charge in [0.25, 0.3) is 0 Å². The number of aromatic nitrogens is 2. The molecule has 7 nitrogen and oxygen atoms in total. The molecule has 7 heteroatoms. The first-order valence-electron chi connectivity index (χ1n) is 7.07. The molecule has 0 saturated carbocycles. The molecule has 116 valence electrons. The molecule has 1 aliphatic rings. The van der Waals surface area contributed by atoms with Crippen molar-refractivity contribution in [3.05, 3.63) is 17.6 Å². The van der Waals surface area contributed by atoms with Crippen molar-refractivity contribution in [2.75, 3.05) is 52.7 Å². The number of amides is 1. The summed E-state index contributed by atoms with van der Waals surface area (Å²) in [7, 11) is 5.37. The fourth-order valence-corrected chi connectivity index (χ4v) is 2.24. The average Bonchev–Trinajstić information content (AvgIpc) is 2.46. The van der Waals surface area contributed by atoms with Crippen molar-refractivity contribution in [3.63, 3.8) is 0 Å². The lowest BCUT2D eigenvalue weighted by Crippen LogP contribution is -2.44. The van der Waals surface area contributed by atoms with E-state index in [2.05, 4.69) is 20.2 Å². The lowest BCUT2D eigenvalue weighted by atomic mass is 10.2. The van der Waals surface area contributed by atoms with Gasteiger partial charge in [-0.2, -0.15) is 0 Å². The molecule has 1 fully saturated rings. The van der Waals surface area contributed by atoms with E-state index >= 15 is 0 Å². The summed E-state index contributed by atoms with van der Waals surface area (Å²) in [5, 5.41) is 3.02. The van der Waals surface area contributed by atoms with Crippen LogP contribution in [0.3, 0.4) is 0 Å². The van der Waals surface area contributed by atoms with Crippen LogP contribution in [-0.2, 0) is 9.53 Å². The highest BCUT2D eigenvalue weighted by molar-refractivity contribution is 5.77. The maximum absolute atomic E-state index is 11.8. The third kappa shape index (κ3) is 4.12. The highest BCUT2D eigenvalue weighted by atomic mass is 16.5. The van der Waals surface area contributed by atoms with Gasteiger partial charge in [-0.15, -0.1) is 0 Å². The molecule has 1 aliphatic heterocycles. The second-order valence-electron chi connectivity index (χ2n) is 5.36. The highest BCUT2D eigenvalue weighted by Gasteiger charge is 2.25. The van der Waals surface area contributed by atoms with Crippen molar-refractivity contribution < 1.29 is 9.53 Å². The van der Waals surface area contributed by atoms with E-state index in [1.165, 1.54) is 0 Å². The van der Waals surface area contributed by atoms with Gasteiger partial charge in [0.05, 0.1) is 18.8 Å². The van der Waals surface area contributed by atoms with Crippen LogP contribution in [-0.4, -0.2) is 73.1 Å². The molecule has 0 spiro atoms. The highest BCUT2D eigenvalue weighted by Crippen LogP contribution is 2.22. The van der Waals surface area contributed by atoms with Gasteiger partial charge in [-0.3, -0.25) is 9.69 Å². The number of rotatable bonds is 4. The van der Waals surface area contributed by atoms with Crippen LogP contribution in [0.5, 0.6) is 0 Å². The van der Waals surface area contributed by atoms with Crippen LogP contribution in [0.25, 0.3) is 0 Å². The van der Waals surface area contributed by atoms with Gasteiger partial charge in [-0.1, -0.05) is 0 Å². The molecule has 0 aromatic carbocycles. The van der Waals surface area contributed by atoms with E-state index in [0.29, 0.717) is 25.5 Å². The minimum absolute atomic E-state index is 0.102. The molecule has 0 bridgehead atoms. The van der Waals surface area contributed by atoms with E-state index in [9.17, 15) is 4.79 Å². The van der Waals surface area contributed by atoms with Gasteiger partial charge in [-0.25, -0.2) is 9.97 Å². The summed E-state index contributed by atoms with van der Waals surface area (Å²) in [5.74, 6) is 1.59. The van der Waals surface area contributed by atoms with Crippen LogP contribution in [0.4, 0.5) is 5.82 Å². The summed E-state index contributed by atoms with van der Waals surface area (Å²) in [6.07, 6.45) is -0.123. The predicted octanol–water partition coefficient (Wildman–Crippen LogP) is 0.288. The molecule has 1 atom stereocenters. The Morgan fingerprint density at radius 2 is 2.29 bits per heavy atom. The van der Waals surface area contributed by atoms with Gasteiger partial charge in [-0.05, 0) is 6.92 Å². The number of aryl methyl sites for hydroxylation is 1. The quantitative estimate of drug-likeness (QED) is 0.860. The van der Waals surface area contributed by atoms with Gasteiger partial charge < -0.3 is 15.0 Å². The topological polar surface area (TPSA) is 70.6 Å². The molecular formula is C14H23N5O2. The zero-order chi connectivity index (χ0) is 15.4. The van der Waals surface area contributed by atoms with Gasteiger partial charge in [0, 0.05) is 40.3 Å². The maximum atomic E-state index is 11.8. The van der Waals surface area contributed by atoms with Crippen LogP contribution in [0.2, 0.25) is 0 Å². The monoisotopic (exact) mass is 293 g/mol. The molecule has 0 unspecified atom stereocenters. The Morgan fingerprint density at radius 3 is 2.95 bits per heavy atom. The predicted molar refractivity (Wildman–Crippen MR) is 80.1 cm³/mol. The summed E-state index contributed by atoms with van der Waals surface area (Å²) < 4.78 is 5.81. The van der Waals surface area contributed by atoms with Gasteiger partial charge in [0.2, 0.25) is 5.91 Å². The van der Waals surface area contributed by atoms with E-state index in [0.717, 1.165) is 18.1 Å². The summed E-state index contributed by atoms with van der Waals surface area (Å²) in [5.41, 5.74) is 0.855. The average molecular weight is 293 g/mol. The van der Waals surface area contributed by atoms with Gasteiger partial charge in [0.1, 0.15) is 17.7 Å². The van der Waals surface area contributed by atoms with Crippen molar-refractivity contribution >= 4 is 11.7 Å². The summed E-state index contributed by atoms with van der Waals surface area (Å²) in [4.78, 5) is 24.3. The molecule has 2 heterocycles. The Bertz CT molecular complexity index is 506. The Hall–Kier alpha value is -1.73. The normalized spacial score (nSPS) is 19.3. The number of morpholine rings is 1. The van der Waals surface area contributed by atoms with Crippen molar-refractivity contribution in [1.29, 1.82) is 0 Å². The zero-order valence-electron chi connectivity index (χ0n) is 13.1. The fraction of sp³-hybridized carbons (Fsp3) is 0.643. The third-order valence-corrected chi connectivity index (χ3v) is 3.45. The minimum Gasteiger partial charge on any atom is -0.373 e. The van der Waals surface area contributed by atoms with Crippen molar-refractivity contribution in [3.8, 4) is 0 Å². The SMILES string of the molecule is CNc1cc([C@H]2CN(CC(=O)N(C)C)CCO2)nc(C)n1. The third-order valence-electron chi connectivity index (χ3n) is 3.45. The molecule has 0 aliphatic carbocycles. The van der Waals surface area contributed by atoms with E-state index in [-0.39, 0.29) is 12.0 Å². The number of carbonyl (C=O) groups excluding carboxylic acids is 1. The Kier molecular flexibility index (Phi) is 5.08. The second-order valence-corrected chi connectivity index (χ2v) is 5.36. The number of ether oxygens (including phenoxy) is 1. The van der Waals surface area contributed by atoms with Crippen LogP contribution >= 0.6 is 0 Å². The lowest BCUT2D eigenvalue weighted by Gasteiger charge is -2.32. The summed E-state index contributed by atoms with van der Waals surface area (Å²) in [6, 6.07) is 1.90. The molecular weight excluding hydrogens is 270 g/mol. The Labute approximate surface area is 125 Å². The number of likely N-dealkylation sites (N-methyl/N-ethyl adjacent to an activating group) is 1. The number of nitrogens with zero attached hydrogens (tertiary/aromatic N) is 4. The van der Waals surface area contributed by atoms with E-state index in [1.807, 2.05) is 20.0 Å². The standard InChI is InChI=1S/C14H23N5O2/c1-10-16-11(7-13(15-2)17-10)12-8-19(5-6-21-12)9-14(20)18(3)4/h7,12H,5-6,8-9H2,1-4H3,(H,15,16,17)/t12-/m1/s1. The van der Waals surface area contributed by atoms with Crippen molar-refractivity contribution in [2.45, 2.75) is 13.0 Å². The molecule has 1 aromatic heterocycles. The molecule has 1 saturated heterocycles. The number of hydrogen-bond donors (Lipinski definition) is 1. The lowest BCUT2D eigenvalue weighted by molar-refractivity contribution is -0.132. The summed E-state index contributed by atoms with van der Waals surface area (Å²) >= 11 is 0. The first-order chi connectivity index (χ1) is 9.99. The summed E-state index contributed by atoms with van der Waals surface area (Å²) in [6.45, 7) is 4.30. The molecule has 0 radical (unpaired) electrons. The minimum atomic E-state index is -0.123. The molecule has 1 amide bonds. The van der Waals surface area contributed by atoms with Crippen molar-refractivity contribution in [1.82, 2.24) is 19.8 Å². The first kappa shape index (κ1) is 15.7. The van der Waals surface area contributed by atoms with Crippen LogP contribution < -0.4 is 5.32 Å². The van der Waals surface area contributed by atoms with E-state index < -0.39 is 0 Å². The number of anilines is 1. The largest absolute Gasteiger partial charge is 0.373 e. The van der Waals surface area contributed by atoms with E-state index in [1.54, 1.807) is 19.0 Å². The maximum Gasteiger partial charge on any atom is 0.236 e. The second kappa shape index (κ2) is 6.82. The van der Waals surface area contributed by atoms with Crippen LogP contribution in [0.15, 0.2) is 6.07 Å². The first-order valence-corrected chi connectivity index (χ1v) is 7.07. The zero-order valence-corrected chi connectivity index (χ0v) is 13.1. The number of carbonyl (C=O) groups is 1. The molecule has 21 heavy (non-hydrogen) atoms. The smallest absolute Gasteiger partial charge is 0.236 e. The van der Waals surface area contributed by atoms with E-state index in [4.69, 9.17) is 4.74 Å². The van der Waals surface area contributed by atoms with Crippen molar-refractivity contribution in [2.24, 2.45) is 0 Å².